The molecule has 1 aromatic heterocycles. The smallest absolute Gasteiger partial charge is 0.220 e. The van der Waals surface area contributed by atoms with E-state index < -0.39 is 0 Å². The zero-order chi connectivity index (χ0) is 10.2. The predicted octanol–water partition coefficient (Wildman–Crippen LogP) is 1.81. The lowest BCUT2D eigenvalue weighted by Crippen LogP contribution is -2.38. The standard InChI is InChI=1S/C8H14N4S2/c1-14-8(3-2-4-8)5-12-6(9)10-11-7(12)13/h2-5H2,1H3,(H2,9,10)(H,11,13). The number of rotatable bonds is 3. The Labute approximate surface area is 92.3 Å². The Morgan fingerprint density at radius 2 is 2.43 bits per heavy atom. The number of aromatic amines is 1. The van der Waals surface area contributed by atoms with Gasteiger partial charge < -0.3 is 5.73 Å². The van der Waals surface area contributed by atoms with E-state index in [0.29, 0.717) is 15.5 Å². The van der Waals surface area contributed by atoms with Crippen LogP contribution >= 0.6 is 24.0 Å². The van der Waals surface area contributed by atoms with Crippen LogP contribution in [-0.4, -0.2) is 25.8 Å². The van der Waals surface area contributed by atoms with E-state index in [9.17, 15) is 0 Å². The molecule has 0 amide bonds. The minimum Gasteiger partial charge on any atom is -0.368 e. The number of hydrogen-bond donors (Lipinski definition) is 2. The van der Waals surface area contributed by atoms with Gasteiger partial charge in [-0.05, 0) is 31.3 Å². The van der Waals surface area contributed by atoms with Crippen LogP contribution in [0.25, 0.3) is 0 Å². The molecule has 0 unspecified atom stereocenters. The van der Waals surface area contributed by atoms with Crippen LogP contribution < -0.4 is 5.73 Å². The first-order chi connectivity index (χ1) is 6.67. The van der Waals surface area contributed by atoms with Crippen molar-refractivity contribution >= 4 is 29.9 Å². The molecule has 6 heteroatoms. The van der Waals surface area contributed by atoms with Crippen molar-refractivity contribution in [3.8, 4) is 0 Å². The fraction of sp³-hybridized carbons (Fsp3) is 0.750. The average molecular weight is 230 g/mol. The molecule has 1 aliphatic rings. The van der Waals surface area contributed by atoms with Gasteiger partial charge in [-0.3, -0.25) is 4.57 Å². The van der Waals surface area contributed by atoms with E-state index in [2.05, 4.69) is 16.5 Å². The third kappa shape index (κ3) is 1.56. The predicted molar refractivity (Wildman–Crippen MR) is 61.9 cm³/mol. The van der Waals surface area contributed by atoms with Gasteiger partial charge in [0.15, 0.2) is 4.77 Å². The van der Waals surface area contributed by atoms with Crippen LogP contribution in [0.15, 0.2) is 0 Å². The van der Waals surface area contributed by atoms with Crippen LogP contribution in [0.1, 0.15) is 19.3 Å². The molecule has 0 aliphatic heterocycles. The number of aromatic nitrogens is 3. The minimum absolute atomic E-state index is 0.343. The molecule has 3 N–H and O–H groups in total. The molecule has 4 nitrogen and oxygen atoms in total. The monoisotopic (exact) mass is 230 g/mol. The molecule has 1 fully saturated rings. The SMILES string of the molecule is CSC1(Cn2c(N)n[nH]c2=S)CCC1. The van der Waals surface area contributed by atoms with Crippen molar-refractivity contribution in [1.29, 1.82) is 0 Å². The molecular formula is C8H14N4S2. The highest BCUT2D eigenvalue weighted by molar-refractivity contribution is 8.00. The normalized spacial score (nSPS) is 19.2. The molecule has 0 atom stereocenters. The summed E-state index contributed by atoms with van der Waals surface area (Å²) in [7, 11) is 0. The molecule has 0 aromatic carbocycles. The summed E-state index contributed by atoms with van der Waals surface area (Å²) in [6, 6.07) is 0. The Kier molecular flexibility index (Phi) is 2.57. The number of anilines is 1. The number of nitrogens with two attached hydrogens (primary N) is 1. The van der Waals surface area contributed by atoms with Crippen LogP contribution in [0.4, 0.5) is 5.95 Å². The maximum absolute atomic E-state index is 5.73. The Balaban J connectivity index is 2.21. The van der Waals surface area contributed by atoms with Crippen molar-refractivity contribution in [2.24, 2.45) is 0 Å². The van der Waals surface area contributed by atoms with E-state index in [-0.39, 0.29) is 0 Å². The molecule has 1 aliphatic carbocycles. The number of nitrogens with one attached hydrogen (secondary N) is 1. The highest BCUT2D eigenvalue weighted by atomic mass is 32.2. The van der Waals surface area contributed by atoms with Crippen molar-refractivity contribution in [3.05, 3.63) is 4.77 Å². The fourth-order valence-corrected chi connectivity index (χ4v) is 2.93. The summed E-state index contributed by atoms with van der Waals surface area (Å²) in [4.78, 5) is 0. The average Bonchev–Trinajstić information content (AvgIpc) is 2.41. The van der Waals surface area contributed by atoms with Crippen molar-refractivity contribution < 1.29 is 0 Å². The van der Waals surface area contributed by atoms with Crippen molar-refractivity contribution in [2.45, 2.75) is 30.6 Å². The van der Waals surface area contributed by atoms with Crippen LogP contribution in [0.5, 0.6) is 0 Å². The number of H-pyrrole nitrogens is 1. The Hall–Kier alpha value is -0.490. The third-order valence-electron chi connectivity index (χ3n) is 2.93. The molecular weight excluding hydrogens is 216 g/mol. The summed E-state index contributed by atoms with van der Waals surface area (Å²) >= 11 is 7.03. The minimum atomic E-state index is 0.343. The zero-order valence-corrected chi connectivity index (χ0v) is 9.75. The van der Waals surface area contributed by atoms with Gasteiger partial charge in [0.2, 0.25) is 5.95 Å². The molecule has 1 aromatic rings. The molecule has 0 saturated heterocycles. The second-order valence-corrected chi connectivity index (χ2v) is 5.37. The summed E-state index contributed by atoms with van der Waals surface area (Å²) in [6.45, 7) is 0.884. The zero-order valence-electron chi connectivity index (χ0n) is 8.12. The first kappa shape index (κ1) is 10.0. The van der Waals surface area contributed by atoms with Crippen LogP contribution in [0.2, 0.25) is 0 Å². The topological polar surface area (TPSA) is 59.6 Å². The van der Waals surface area contributed by atoms with Crippen molar-refractivity contribution in [1.82, 2.24) is 14.8 Å². The summed E-state index contributed by atoms with van der Waals surface area (Å²) in [6.07, 6.45) is 5.96. The second-order valence-electron chi connectivity index (χ2n) is 3.71. The molecule has 0 bridgehead atoms. The number of hydrogen-bond acceptors (Lipinski definition) is 4. The van der Waals surface area contributed by atoms with Crippen molar-refractivity contribution in [2.75, 3.05) is 12.0 Å². The van der Waals surface area contributed by atoms with E-state index in [0.717, 1.165) is 6.54 Å². The van der Waals surface area contributed by atoms with Gasteiger partial charge in [0.1, 0.15) is 0 Å². The van der Waals surface area contributed by atoms with Gasteiger partial charge in [-0.15, -0.1) is 5.10 Å². The molecule has 1 saturated carbocycles. The van der Waals surface area contributed by atoms with Crippen LogP contribution in [0.3, 0.4) is 0 Å². The van der Waals surface area contributed by atoms with Gasteiger partial charge in [0.25, 0.3) is 0 Å². The van der Waals surface area contributed by atoms with Gasteiger partial charge in [0.05, 0.1) is 0 Å². The Morgan fingerprint density at radius 3 is 2.79 bits per heavy atom. The highest BCUT2D eigenvalue weighted by Gasteiger charge is 2.37. The summed E-state index contributed by atoms with van der Waals surface area (Å²) in [5.74, 6) is 0.496. The Morgan fingerprint density at radius 1 is 1.71 bits per heavy atom. The van der Waals surface area contributed by atoms with Gasteiger partial charge >= 0.3 is 0 Å². The van der Waals surface area contributed by atoms with Gasteiger partial charge in [-0.2, -0.15) is 11.8 Å². The van der Waals surface area contributed by atoms with Crippen LogP contribution in [-0.2, 0) is 6.54 Å². The molecule has 0 radical (unpaired) electrons. The maximum Gasteiger partial charge on any atom is 0.220 e. The molecule has 78 valence electrons. The van der Waals surface area contributed by atoms with Crippen molar-refractivity contribution in [3.63, 3.8) is 0 Å². The van der Waals surface area contributed by atoms with Crippen LogP contribution in [0, 0.1) is 4.77 Å². The van der Waals surface area contributed by atoms with E-state index in [1.807, 2.05) is 16.3 Å². The highest BCUT2D eigenvalue weighted by Crippen LogP contribution is 2.44. The first-order valence-electron chi connectivity index (χ1n) is 4.63. The number of nitrogens with zero attached hydrogens (tertiary/aromatic N) is 2. The van der Waals surface area contributed by atoms with E-state index in [1.54, 1.807) is 0 Å². The van der Waals surface area contributed by atoms with E-state index >= 15 is 0 Å². The third-order valence-corrected chi connectivity index (χ3v) is 4.65. The molecule has 0 spiro atoms. The van der Waals surface area contributed by atoms with Gasteiger partial charge in [-0.25, -0.2) is 5.10 Å². The first-order valence-corrected chi connectivity index (χ1v) is 6.26. The second kappa shape index (κ2) is 3.58. The van der Waals surface area contributed by atoms with E-state index in [4.69, 9.17) is 18.0 Å². The number of thioether (sulfide) groups is 1. The summed E-state index contributed by atoms with van der Waals surface area (Å²) in [5, 5.41) is 6.62. The summed E-state index contributed by atoms with van der Waals surface area (Å²) < 4.78 is 2.86. The van der Waals surface area contributed by atoms with Gasteiger partial charge in [-0.1, -0.05) is 6.42 Å². The number of nitrogen functional groups attached to an aromatic ring is 1. The quantitative estimate of drug-likeness (QED) is 0.777. The molecule has 1 heterocycles. The lowest BCUT2D eigenvalue weighted by molar-refractivity contribution is 0.322. The summed E-state index contributed by atoms with van der Waals surface area (Å²) in [5.41, 5.74) is 5.73. The van der Waals surface area contributed by atoms with E-state index in [1.165, 1.54) is 19.3 Å². The molecule has 14 heavy (non-hydrogen) atoms. The maximum atomic E-state index is 5.73. The van der Waals surface area contributed by atoms with Gasteiger partial charge in [0, 0.05) is 11.3 Å². The molecule has 2 rings (SSSR count). The largest absolute Gasteiger partial charge is 0.368 e. The lowest BCUT2D eigenvalue weighted by atomic mass is 9.84. The Bertz CT molecular complexity index is 371. The lowest BCUT2D eigenvalue weighted by Gasteiger charge is -2.40. The fourth-order valence-electron chi connectivity index (χ4n) is 1.77.